The minimum Gasteiger partial charge on any atom is -0.479 e. The van der Waals surface area contributed by atoms with Crippen molar-refractivity contribution in [2.24, 2.45) is 0 Å². The van der Waals surface area contributed by atoms with E-state index in [0.717, 1.165) is 0 Å². The van der Waals surface area contributed by atoms with Crippen LogP contribution in [-0.4, -0.2) is 66.9 Å². The molecule has 0 radical (unpaired) electrons. The molecule has 0 rings (SSSR count). The summed E-state index contributed by atoms with van der Waals surface area (Å²) in [4.78, 5) is 38.1. The smallest absolute Gasteiger partial charge is 0.341 e. The van der Waals surface area contributed by atoms with E-state index < -0.39 is 45.3 Å². The number of Topliss-reactive ketones (excluding diaryl/α,β-unsaturated/α-hetero) is 1. The highest BCUT2D eigenvalue weighted by Crippen LogP contribution is 2.24. The Morgan fingerprint density at radius 3 is 2.19 bits per heavy atom. The Balaban J connectivity index is 4.57. The fraction of sp³-hybridized carbons (Fsp3) is 0.667. The number of ketones is 1. The van der Waals surface area contributed by atoms with E-state index in [9.17, 15) is 14.7 Å². The molecule has 10 heteroatoms. The van der Waals surface area contributed by atoms with Crippen LogP contribution in [0.15, 0.2) is 0 Å². The third-order valence-corrected chi connectivity index (χ3v) is 2.05. The SMILES string of the molecule is O=C(COP(O)O)C(O)C(O)(CO)C(=O)O. The average molecular weight is 258 g/mol. The van der Waals surface area contributed by atoms with E-state index in [1.165, 1.54) is 0 Å². The second kappa shape index (κ2) is 6.16. The van der Waals surface area contributed by atoms with Gasteiger partial charge in [0, 0.05) is 0 Å². The zero-order valence-electron chi connectivity index (χ0n) is 7.85. The Hall–Kier alpha value is -0.670. The van der Waals surface area contributed by atoms with Crippen LogP contribution in [0.1, 0.15) is 0 Å². The molecule has 94 valence electrons. The van der Waals surface area contributed by atoms with Crippen molar-refractivity contribution in [3.8, 4) is 0 Å². The van der Waals surface area contributed by atoms with Crippen molar-refractivity contribution in [3.05, 3.63) is 0 Å². The predicted octanol–water partition coefficient (Wildman–Crippen LogP) is -3.05. The molecule has 0 aromatic rings. The molecule has 16 heavy (non-hydrogen) atoms. The molecule has 0 bridgehead atoms. The third kappa shape index (κ3) is 3.72. The highest BCUT2D eigenvalue weighted by Gasteiger charge is 2.47. The summed E-state index contributed by atoms with van der Waals surface area (Å²) in [5.74, 6) is -3.30. The molecule has 9 nitrogen and oxygen atoms in total. The average Bonchev–Trinajstić information content (AvgIpc) is 2.23. The zero-order chi connectivity index (χ0) is 12.9. The second-order valence-corrected chi connectivity index (χ2v) is 3.55. The lowest BCUT2D eigenvalue weighted by Crippen LogP contribution is -2.56. The normalized spacial score (nSPS) is 16.9. The summed E-state index contributed by atoms with van der Waals surface area (Å²) in [5, 5.41) is 35.4. The number of carbonyl (C=O) groups excluding carboxylic acids is 1. The van der Waals surface area contributed by atoms with Crippen LogP contribution in [0.25, 0.3) is 0 Å². The first-order valence-corrected chi connectivity index (χ1v) is 5.00. The van der Waals surface area contributed by atoms with Gasteiger partial charge in [-0.25, -0.2) is 4.79 Å². The van der Waals surface area contributed by atoms with Crippen LogP contribution in [-0.2, 0) is 14.1 Å². The molecule has 0 saturated heterocycles. The number of carboxylic acids is 1. The number of hydrogen-bond acceptors (Lipinski definition) is 8. The Morgan fingerprint density at radius 1 is 1.38 bits per heavy atom. The van der Waals surface area contributed by atoms with Gasteiger partial charge in [-0.05, 0) is 0 Å². The third-order valence-electron chi connectivity index (χ3n) is 1.69. The lowest BCUT2D eigenvalue weighted by molar-refractivity contribution is -0.182. The number of rotatable bonds is 7. The Morgan fingerprint density at radius 2 is 1.88 bits per heavy atom. The molecule has 0 amide bonds. The molecule has 0 aromatic carbocycles. The van der Waals surface area contributed by atoms with Crippen LogP contribution < -0.4 is 0 Å². The lowest BCUT2D eigenvalue weighted by atomic mass is 9.95. The molecule has 0 fully saturated rings. The van der Waals surface area contributed by atoms with Crippen LogP contribution in [0.5, 0.6) is 0 Å². The van der Waals surface area contributed by atoms with Gasteiger partial charge in [0.1, 0.15) is 6.61 Å². The van der Waals surface area contributed by atoms with E-state index in [4.69, 9.17) is 25.1 Å². The zero-order valence-corrected chi connectivity index (χ0v) is 8.74. The summed E-state index contributed by atoms with van der Waals surface area (Å²) in [6.07, 6.45) is -2.44. The molecule has 0 heterocycles. The van der Waals surface area contributed by atoms with E-state index in [1.54, 1.807) is 0 Å². The van der Waals surface area contributed by atoms with E-state index in [0.29, 0.717) is 0 Å². The van der Waals surface area contributed by atoms with Gasteiger partial charge in [0.2, 0.25) is 5.60 Å². The first-order chi connectivity index (χ1) is 7.25. The number of carboxylic acid groups (broad SMARTS) is 1. The maximum absolute atomic E-state index is 11.0. The molecule has 0 aliphatic carbocycles. The van der Waals surface area contributed by atoms with Gasteiger partial charge in [0.15, 0.2) is 11.9 Å². The standard InChI is InChI=1S/C6H11O9P/c7-2-6(12,5(10)11)4(9)3(8)1-15-16(13)14/h4,7,9,12-14H,1-2H2,(H,10,11). The van der Waals surface area contributed by atoms with Crippen molar-refractivity contribution >= 4 is 20.4 Å². The van der Waals surface area contributed by atoms with Gasteiger partial charge in [-0.1, -0.05) is 0 Å². The number of hydrogen-bond donors (Lipinski definition) is 6. The van der Waals surface area contributed by atoms with Gasteiger partial charge in [-0.15, -0.1) is 0 Å². The quantitative estimate of drug-likeness (QED) is 0.260. The number of aliphatic hydroxyl groups excluding tert-OH is 2. The van der Waals surface area contributed by atoms with E-state index in [-0.39, 0.29) is 0 Å². The maximum Gasteiger partial charge on any atom is 0.341 e. The first-order valence-electron chi connectivity index (χ1n) is 3.84. The van der Waals surface area contributed by atoms with Crippen molar-refractivity contribution in [1.82, 2.24) is 0 Å². The maximum atomic E-state index is 11.0. The van der Waals surface area contributed by atoms with Gasteiger partial charge in [0.25, 0.3) is 0 Å². The van der Waals surface area contributed by atoms with Crippen LogP contribution in [0.4, 0.5) is 0 Å². The fourth-order valence-electron chi connectivity index (χ4n) is 0.738. The molecule has 0 aromatic heterocycles. The summed E-state index contributed by atoms with van der Waals surface area (Å²) in [5.41, 5.74) is -3.05. The van der Waals surface area contributed by atoms with E-state index in [1.807, 2.05) is 0 Å². The van der Waals surface area contributed by atoms with Gasteiger partial charge >= 0.3 is 14.6 Å². The molecule has 0 aliphatic heterocycles. The summed E-state index contributed by atoms with van der Waals surface area (Å²) in [6.45, 7) is -2.39. The number of aliphatic carboxylic acids is 1. The molecular weight excluding hydrogens is 247 g/mol. The minimum absolute atomic E-state index is 1.00. The van der Waals surface area contributed by atoms with Crippen molar-refractivity contribution < 1.29 is 44.3 Å². The van der Waals surface area contributed by atoms with Gasteiger partial charge in [-0.2, -0.15) is 0 Å². The van der Waals surface area contributed by atoms with Gasteiger partial charge < -0.3 is 34.7 Å². The minimum atomic E-state index is -3.05. The summed E-state index contributed by atoms with van der Waals surface area (Å²) in [6, 6.07) is 0. The molecule has 0 aliphatic rings. The number of aliphatic hydroxyl groups is 3. The molecule has 2 unspecified atom stereocenters. The molecular formula is C6H11O9P. The molecule has 0 spiro atoms. The second-order valence-electron chi connectivity index (χ2n) is 2.78. The Kier molecular flexibility index (Phi) is 5.90. The topological polar surface area (TPSA) is 165 Å². The fourth-order valence-corrected chi connectivity index (χ4v) is 0.980. The monoisotopic (exact) mass is 258 g/mol. The summed E-state index contributed by atoms with van der Waals surface area (Å²) < 4.78 is 4.02. The molecule has 6 N–H and O–H groups in total. The first kappa shape index (κ1) is 15.3. The highest BCUT2D eigenvalue weighted by molar-refractivity contribution is 7.39. The molecule has 0 saturated carbocycles. The molecule has 2 atom stereocenters. The van der Waals surface area contributed by atoms with Crippen LogP contribution in [0.2, 0.25) is 0 Å². The predicted molar refractivity (Wildman–Crippen MR) is 48.0 cm³/mol. The van der Waals surface area contributed by atoms with Crippen molar-refractivity contribution in [2.45, 2.75) is 11.7 Å². The van der Waals surface area contributed by atoms with E-state index in [2.05, 4.69) is 4.52 Å². The summed E-state index contributed by atoms with van der Waals surface area (Å²) >= 11 is 0. The summed E-state index contributed by atoms with van der Waals surface area (Å²) in [7, 11) is -2.84. The number of carbonyl (C=O) groups is 2. The van der Waals surface area contributed by atoms with Crippen molar-refractivity contribution in [3.63, 3.8) is 0 Å². The van der Waals surface area contributed by atoms with Gasteiger partial charge in [-0.3, -0.25) is 4.79 Å². The largest absolute Gasteiger partial charge is 0.479 e. The van der Waals surface area contributed by atoms with Crippen molar-refractivity contribution in [2.75, 3.05) is 13.2 Å². The van der Waals surface area contributed by atoms with Crippen LogP contribution in [0, 0.1) is 0 Å². The van der Waals surface area contributed by atoms with Crippen LogP contribution in [0.3, 0.4) is 0 Å². The lowest BCUT2D eigenvalue weighted by Gasteiger charge is -2.25. The highest BCUT2D eigenvalue weighted by atomic mass is 31.2. The Bertz CT molecular complexity index is 267. The van der Waals surface area contributed by atoms with Crippen molar-refractivity contribution in [1.29, 1.82) is 0 Å². The van der Waals surface area contributed by atoms with E-state index >= 15 is 0 Å². The Labute approximate surface area is 90.5 Å². The van der Waals surface area contributed by atoms with Crippen LogP contribution >= 0.6 is 8.60 Å². The van der Waals surface area contributed by atoms with Gasteiger partial charge in [0.05, 0.1) is 6.61 Å².